The highest BCUT2D eigenvalue weighted by Crippen LogP contribution is 2.28. The molecule has 2 aromatic rings. The maximum Gasteiger partial charge on any atom is 0.435 e. The molecule has 0 aliphatic rings. The average molecular weight is 390 g/mol. The number of benzene rings is 1. The molecule has 23 heavy (non-hydrogen) atoms. The first-order chi connectivity index (χ1) is 10.7. The van der Waals surface area contributed by atoms with Crippen molar-refractivity contribution in [3.8, 4) is 0 Å². The lowest BCUT2D eigenvalue weighted by Gasteiger charge is -2.13. The van der Waals surface area contributed by atoms with Gasteiger partial charge in [-0.2, -0.15) is 18.3 Å². The van der Waals surface area contributed by atoms with Gasteiger partial charge in [0, 0.05) is 15.9 Å². The van der Waals surface area contributed by atoms with Gasteiger partial charge < -0.3 is 5.32 Å². The van der Waals surface area contributed by atoms with E-state index in [1.165, 1.54) is 11.6 Å². The quantitative estimate of drug-likeness (QED) is 0.849. The Hall–Kier alpha value is -1.83. The zero-order chi connectivity index (χ0) is 17.2. The summed E-state index contributed by atoms with van der Waals surface area (Å²) in [6.45, 7) is 3.24. The van der Waals surface area contributed by atoms with Gasteiger partial charge in [0.1, 0.15) is 0 Å². The lowest BCUT2D eigenvalue weighted by Crippen LogP contribution is -2.25. The van der Waals surface area contributed by atoms with Crippen molar-refractivity contribution in [1.82, 2.24) is 9.78 Å². The van der Waals surface area contributed by atoms with E-state index < -0.39 is 17.8 Å². The van der Waals surface area contributed by atoms with Crippen LogP contribution >= 0.6 is 15.9 Å². The maximum atomic E-state index is 12.6. The number of aryl methyl sites for hydroxylation is 1. The van der Waals surface area contributed by atoms with E-state index in [1.807, 2.05) is 0 Å². The minimum Gasteiger partial charge on any atom is -0.326 e. The van der Waals surface area contributed by atoms with E-state index in [0.29, 0.717) is 11.4 Å². The highest BCUT2D eigenvalue weighted by atomic mass is 79.9. The van der Waals surface area contributed by atoms with E-state index in [2.05, 4.69) is 26.3 Å². The normalized spacial score (nSPS) is 13.0. The fraction of sp³-hybridized carbons (Fsp3) is 0.333. The monoisotopic (exact) mass is 389 g/mol. The molecule has 1 unspecified atom stereocenters. The molecule has 4 nitrogen and oxygen atoms in total. The summed E-state index contributed by atoms with van der Waals surface area (Å²) in [6.07, 6.45) is -4.49. The van der Waals surface area contributed by atoms with Gasteiger partial charge in [0.15, 0.2) is 5.69 Å². The van der Waals surface area contributed by atoms with Crippen LogP contribution in [0.15, 0.2) is 34.8 Å². The molecule has 8 heteroatoms. The first-order valence-corrected chi connectivity index (χ1v) is 7.64. The van der Waals surface area contributed by atoms with Gasteiger partial charge in [-0.3, -0.25) is 9.48 Å². The lowest BCUT2D eigenvalue weighted by molar-refractivity contribution is -0.141. The molecule has 0 saturated carbocycles. The predicted octanol–water partition coefficient (Wildman–Crippen LogP) is 4.25. The molecule has 1 aromatic heterocycles. The Morgan fingerprint density at radius 1 is 1.35 bits per heavy atom. The first kappa shape index (κ1) is 17.5. The second-order valence-electron chi connectivity index (χ2n) is 5.25. The summed E-state index contributed by atoms with van der Waals surface area (Å²) in [6, 6.07) is 8.01. The van der Waals surface area contributed by atoms with Crippen molar-refractivity contribution in [2.24, 2.45) is 5.92 Å². The predicted molar refractivity (Wildman–Crippen MR) is 83.9 cm³/mol. The van der Waals surface area contributed by atoms with Gasteiger partial charge in [0.05, 0.1) is 12.5 Å². The number of nitrogens with one attached hydrogen (secondary N) is 1. The topological polar surface area (TPSA) is 46.9 Å². The summed E-state index contributed by atoms with van der Waals surface area (Å²) in [5.74, 6) is -0.811. The van der Waals surface area contributed by atoms with Gasteiger partial charge >= 0.3 is 6.18 Å². The summed E-state index contributed by atoms with van der Waals surface area (Å²) < 4.78 is 40.0. The summed E-state index contributed by atoms with van der Waals surface area (Å²) in [5, 5.41) is 6.25. The highest BCUT2D eigenvalue weighted by molar-refractivity contribution is 9.10. The van der Waals surface area contributed by atoms with E-state index >= 15 is 0 Å². The summed E-state index contributed by atoms with van der Waals surface area (Å²) in [4.78, 5) is 12.1. The van der Waals surface area contributed by atoms with Gasteiger partial charge in [-0.05, 0) is 37.3 Å². The third kappa shape index (κ3) is 4.57. The Labute approximate surface area is 139 Å². The molecule has 0 bridgehead atoms. The molecule has 0 aliphatic heterocycles. The van der Waals surface area contributed by atoms with Crippen LogP contribution in [0.3, 0.4) is 0 Å². The maximum absolute atomic E-state index is 12.6. The largest absolute Gasteiger partial charge is 0.435 e. The van der Waals surface area contributed by atoms with Crippen molar-refractivity contribution in [2.75, 3.05) is 5.32 Å². The van der Waals surface area contributed by atoms with Crippen LogP contribution in [0.4, 0.5) is 18.9 Å². The number of carbonyl (C=O) groups excluding carboxylic acids is 1. The van der Waals surface area contributed by atoms with Crippen LogP contribution in [0.1, 0.15) is 18.3 Å². The molecule has 1 N–H and O–H groups in total. The fourth-order valence-corrected chi connectivity index (χ4v) is 2.24. The van der Waals surface area contributed by atoms with E-state index in [4.69, 9.17) is 0 Å². The number of halogens is 4. The van der Waals surface area contributed by atoms with Crippen LogP contribution in [0.25, 0.3) is 0 Å². The van der Waals surface area contributed by atoms with E-state index in [9.17, 15) is 18.0 Å². The second kappa shape index (κ2) is 6.74. The van der Waals surface area contributed by atoms with Crippen molar-refractivity contribution < 1.29 is 18.0 Å². The molecule has 2 rings (SSSR count). The minimum absolute atomic E-state index is 0.0737. The van der Waals surface area contributed by atoms with Crippen molar-refractivity contribution in [2.45, 2.75) is 26.6 Å². The Morgan fingerprint density at radius 3 is 2.48 bits per heavy atom. The highest BCUT2D eigenvalue weighted by Gasteiger charge is 2.34. The summed E-state index contributed by atoms with van der Waals surface area (Å²) in [7, 11) is 0. The Kier molecular flexibility index (Phi) is 5.13. The molecule has 0 spiro atoms. The number of amides is 1. The Balaban J connectivity index is 2.03. The van der Waals surface area contributed by atoms with Gasteiger partial charge in [-0.15, -0.1) is 0 Å². The molecule has 124 valence electrons. The smallest absolute Gasteiger partial charge is 0.326 e. The number of hydrogen-bond donors (Lipinski definition) is 1. The zero-order valence-corrected chi connectivity index (χ0v) is 14.1. The molecule has 0 saturated heterocycles. The number of rotatable bonds is 4. The molecule has 1 aromatic carbocycles. The van der Waals surface area contributed by atoms with Crippen LogP contribution in [-0.2, 0) is 17.5 Å². The number of hydrogen-bond acceptors (Lipinski definition) is 2. The van der Waals surface area contributed by atoms with Crippen LogP contribution in [0.2, 0.25) is 0 Å². The van der Waals surface area contributed by atoms with E-state index in [0.717, 1.165) is 10.5 Å². The Bertz CT molecular complexity index is 695. The zero-order valence-electron chi connectivity index (χ0n) is 12.5. The standard InChI is InChI=1S/C15H15BrF3N3O/c1-9(14(23)20-12-5-3-11(16)4-6-12)8-22-10(2)7-13(21-22)15(17,18)19/h3-7,9H,8H2,1-2H3,(H,20,23). The molecule has 0 radical (unpaired) electrons. The van der Waals surface area contributed by atoms with E-state index in [-0.39, 0.29) is 12.5 Å². The first-order valence-electron chi connectivity index (χ1n) is 6.85. The molecule has 0 fully saturated rings. The fourth-order valence-electron chi connectivity index (χ4n) is 1.97. The van der Waals surface area contributed by atoms with Gasteiger partial charge in [-0.1, -0.05) is 22.9 Å². The molecule has 1 heterocycles. The lowest BCUT2D eigenvalue weighted by atomic mass is 10.1. The average Bonchev–Trinajstić information content (AvgIpc) is 2.82. The number of nitrogens with zero attached hydrogens (tertiary/aromatic N) is 2. The third-order valence-corrected chi connectivity index (χ3v) is 3.81. The molecular weight excluding hydrogens is 375 g/mol. The minimum atomic E-state index is -4.49. The van der Waals surface area contributed by atoms with Crippen LogP contribution in [0.5, 0.6) is 0 Å². The molecular formula is C15H15BrF3N3O. The number of alkyl halides is 3. The second-order valence-corrected chi connectivity index (χ2v) is 6.16. The van der Waals surface area contributed by atoms with Crippen LogP contribution in [0, 0.1) is 12.8 Å². The number of aromatic nitrogens is 2. The summed E-state index contributed by atoms with van der Waals surface area (Å²) >= 11 is 3.29. The molecule has 0 aliphatic carbocycles. The molecule has 1 atom stereocenters. The van der Waals surface area contributed by atoms with Gasteiger partial charge in [0.25, 0.3) is 0 Å². The van der Waals surface area contributed by atoms with Crippen molar-refractivity contribution >= 4 is 27.5 Å². The number of carbonyl (C=O) groups is 1. The van der Waals surface area contributed by atoms with Crippen molar-refractivity contribution in [3.63, 3.8) is 0 Å². The number of anilines is 1. The van der Waals surface area contributed by atoms with Crippen molar-refractivity contribution in [3.05, 3.63) is 46.2 Å². The van der Waals surface area contributed by atoms with Crippen molar-refractivity contribution in [1.29, 1.82) is 0 Å². The SMILES string of the molecule is Cc1cc(C(F)(F)F)nn1CC(C)C(=O)Nc1ccc(Br)cc1. The summed E-state index contributed by atoms with van der Waals surface area (Å²) in [5.41, 5.74) is 0.0364. The van der Waals surface area contributed by atoms with Crippen LogP contribution in [-0.4, -0.2) is 15.7 Å². The molecule has 1 amide bonds. The van der Waals surface area contributed by atoms with Gasteiger partial charge in [0.2, 0.25) is 5.91 Å². The van der Waals surface area contributed by atoms with Gasteiger partial charge in [-0.25, -0.2) is 0 Å². The third-order valence-electron chi connectivity index (χ3n) is 3.28. The van der Waals surface area contributed by atoms with Crippen LogP contribution < -0.4 is 5.32 Å². The van der Waals surface area contributed by atoms with E-state index in [1.54, 1.807) is 31.2 Å². The Morgan fingerprint density at radius 2 is 1.96 bits per heavy atom.